The monoisotopic (exact) mass is 1130 g/mol. The third-order valence-corrected chi connectivity index (χ3v) is 15.0. The highest BCUT2D eigenvalue weighted by atomic mass is 16.6. The molecule has 0 aliphatic heterocycles. The number of carbonyl (C=O) groups is 3. The van der Waals surface area contributed by atoms with E-state index in [1.165, 1.54) is 199 Å². The van der Waals surface area contributed by atoms with Crippen LogP contribution in [0.3, 0.4) is 0 Å². The first-order chi connectivity index (χ1) is 40.0. The van der Waals surface area contributed by atoms with E-state index in [9.17, 15) is 14.4 Å². The molecule has 0 heterocycles. The molecular formula is C75H130O6. The van der Waals surface area contributed by atoms with Gasteiger partial charge in [-0.25, -0.2) is 0 Å². The average Bonchev–Trinajstić information content (AvgIpc) is 3.46. The van der Waals surface area contributed by atoms with E-state index in [0.717, 1.165) is 103 Å². The maximum atomic E-state index is 12.9. The summed E-state index contributed by atoms with van der Waals surface area (Å²) in [7, 11) is 0. The topological polar surface area (TPSA) is 78.9 Å². The number of hydrogen-bond acceptors (Lipinski definition) is 6. The van der Waals surface area contributed by atoms with Gasteiger partial charge in [-0.15, -0.1) is 0 Å². The van der Waals surface area contributed by atoms with E-state index < -0.39 is 6.10 Å². The summed E-state index contributed by atoms with van der Waals surface area (Å²) in [5.74, 6) is -0.878. The van der Waals surface area contributed by atoms with Crippen molar-refractivity contribution in [1.29, 1.82) is 0 Å². The second-order valence-electron chi connectivity index (χ2n) is 23.1. The Bertz CT molecular complexity index is 1580. The minimum absolute atomic E-state index is 0.0790. The minimum Gasteiger partial charge on any atom is -0.462 e. The molecule has 6 nitrogen and oxygen atoms in total. The summed E-state index contributed by atoms with van der Waals surface area (Å²) in [6.07, 6.45) is 92.9. The Hall–Kier alpha value is -3.67. The van der Waals surface area contributed by atoms with Crippen LogP contribution in [0.2, 0.25) is 0 Å². The Balaban J connectivity index is 4.20. The van der Waals surface area contributed by atoms with E-state index in [2.05, 4.69) is 118 Å². The van der Waals surface area contributed by atoms with Crippen LogP contribution >= 0.6 is 0 Å². The van der Waals surface area contributed by atoms with Gasteiger partial charge in [-0.1, -0.05) is 298 Å². The van der Waals surface area contributed by atoms with Gasteiger partial charge in [0, 0.05) is 19.3 Å². The number of hydrogen-bond donors (Lipinski definition) is 0. The van der Waals surface area contributed by atoms with E-state index in [-0.39, 0.29) is 31.1 Å². The van der Waals surface area contributed by atoms with Crippen molar-refractivity contribution in [2.75, 3.05) is 13.2 Å². The number of unbranched alkanes of at least 4 members (excludes halogenated alkanes) is 36. The van der Waals surface area contributed by atoms with Crippen LogP contribution in [0.4, 0.5) is 0 Å². The Kier molecular flexibility index (Phi) is 65.7. The van der Waals surface area contributed by atoms with Gasteiger partial charge in [-0.3, -0.25) is 14.4 Å². The van der Waals surface area contributed by atoms with Gasteiger partial charge in [0.1, 0.15) is 13.2 Å². The number of esters is 3. The lowest BCUT2D eigenvalue weighted by Crippen LogP contribution is -2.30. The van der Waals surface area contributed by atoms with Crippen molar-refractivity contribution in [3.63, 3.8) is 0 Å². The van der Waals surface area contributed by atoms with Gasteiger partial charge >= 0.3 is 17.9 Å². The Morgan fingerprint density at radius 1 is 0.259 bits per heavy atom. The summed E-state index contributed by atoms with van der Waals surface area (Å²) in [6, 6.07) is 0. The molecule has 0 aromatic carbocycles. The van der Waals surface area contributed by atoms with Crippen molar-refractivity contribution < 1.29 is 28.6 Å². The number of ether oxygens (including phenoxy) is 3. The molecule has 0 fully saturated rings. The highest BCUT2D eigenvalue weighted by Crippen LogP contribution is 2.17. The lowest BCUT2D eigenvalue weighted by Gasteiger charge is -2.18. The summed E-state index contributed by atoms with van der Waals surface area (Å²) in [4.78, 5) is 38.4. The van der Waals surface area contributed by atoms with Crippen molar-refractivity contribution in [1.82, 2.24) is 0 Å². The predicted molar refractivity (Wildman–Crippen MR) is 353 cm³/mol. The first-order valence-electron chi connectivity index (χ1n) is 34.7. The number of carbonyl (C=O) groups excluding carboxylic acids is 3. The van der Waals surface area contributed by atoms with Crippen molar-refractivity contribution in [3.05, 3.63) is 97.2 Å². The molecule has 0 N–H and O–H groups in total. The van der Waals surface area contributed by atoms with E-state index >= 15 is 0 Å². The molecule has 0 radical (unpaired) electrons. The van der Waals surface area contributed by atoms with Gasteiger partial charge in [0.2, 0.25) is 0 Å². The highest BCUT2D eigenvalue weighted by Gasteiger charge is 2.19. The molecule has 81 heavy (non-hydrogen) atoms. The molecular weight excluding hydrogens is 997 g/mol. The van der Waals surface area contributed by atoms with Crippen LogP contribution < -0.4 is 0 Å². The smallest absolute Gasteiger partial charge is 0.306 e. The molecule has 0 aromatic rings. The third kappa shape index (κ3) is 67.0. The first-order valence-corrected chi connectivity index (χ1v) is 34.7. The molecule has 0 bridgehead atoms. The van der Waals surface area contributed by atoms with Crippen molar-refractivity contribution >= 4 is 17.9 Å². The van der Waals surface area contributed by atoms with E-state index in [1.807, 2.05) is 0 Å². The van der Waals surface area contributed by atoms with E-state index in [1.54, 1.807) is 0 Å². The molecule has 6 heteroatoms. The Morgan fingerprint density at radius 3 is 0.778 bits per heavy atom. The lowest BCUT2D eigenvalue weighted by atomic mass is 10.0. The van der Waals surface area contributed by atoms with Crippen LogP contribution in [-0.4, -0.2) is 37.2 Å². The fourth-order valence-corrected chi connectivity index (χ4v) is 9.85. The molecule has 1 unspecified atom stereocenters. The second-order valence-corrected chi connectivity index (χ2v) is 23.1. The minimum atomic E-state index is -0.783. The number of rotatable bonds is 63. The van der Waals surface area contributed by atoms with Crippen LogP contribution in [0.25, 0.3) is 0 Å². The number of allylic oxidation sites excluding steroid dienone is 16. The molecule has 0 amide bonds. The zero-order valence-electron chi connectivity index (χ0n) is 53.5. The maximum Gasteiger partial charge on any atom is 0.306 e. The molecule has 0 saturated carbocycles. The third-order valence-electron chi connectivity index (χ3n) is 15.0. The normalized spacial score (nSPS) is 12.7. The molecule has 0 saturated heterocycles. The predicted octanol–water partition coefficient (Wildman–Crippen LogP) is 24.0. The Morgan fingerprint density at radius 2 is 0.481 bits per heavy atom. The molecule has 0 rings (SSSR count). The SMILES string of the molecule is CC/C=C\C/C=C\C/C=C\C/C=C\C/C=C\C/C=C\CCCCCCCCCCCCCCCCC(=O)OCC(COC(=O)CCCCCCC/C=C\CCCCCC)OC(=O)CCCCCCCCC/C=C\CCCCCCCC. The maximum absolute atomic E-state index is 12.9. The van der Waals surface area contributed by atoms with Crippen LogP contribution in [0.1, 0.15) is 342 Å². The standard InChI is InChI=1S/C75H130O6/c1-4-7-10-13-16-19-22-25-27-29-30-31-32-33-34-35-36-37-38-39-40-41-42-43-44-46-47-50-53-56-59-62-65-68-74(77)80-71-72(70-79-73(76)67-64-61-58-55-52-49-24-21-18-15-12-9-6-3)81-75(78)69-66-63-60-57-54-51-48-45-28-26-23-20-17-14-11-8-5-2/h7,10,16,19,21,24-28,30-31,33-34,36-37,72H,4-6,8-9,11-15,17-18,20,22-23,29,32,35,38-71H2,1-3H3/b10-7-,19-16-,24-21-,27-25-,28-26-,31-30-,34-33-,37-36-. The summed E-state index contributed by atoms with van der Waals surface area (Å²) in [5, 5.41) is 0. The van der Waals surface area contributed by atoms with Crippen LogP contribution in [0.5, 0.6) is 0 Å². The van der Waals surface area contributed by atoms with Crippen molar-refractivity contribution in [3.8, 4) is 0 Å². The van der Waals surface area contributed by atoms with Gasteiger partial charge in [0.25, 0.3) is 0 Å². The molecule has 466 valence electrons. The van der Waals surface area contributed by atoms with Gasteiger partial charge < -0.3 is 14.2 Å². The average molecular weight is 1130 g/mol. The van der Waals surface area contributed by atoms with Crippen molar-refractivity contribution in [2.24, 2.45) is 0 Å². The van der Waals surface area contributed by atoms with E-state index in [4.69, 9.17) is 14.2 Å². The summed E-state index contributed by atoms with van der Waals surface area (Å²) < 4.78 is 16.9. The zero-order valence-corrected chi connectivity index (χ0v) is 53.5. The van der Waals surface area contributed by atoms with Crippen molar-refractivity contribution in [2.45, 2.75) is 348 Å². The van der Waals surface area contributed by atoms with Crippen LogP contribution in [-0.2, 0) is 28.6 Å². The lowest BCUT2D eigenvalue weighted by molar-refractivity contribution is -0.167. The van der Waals surface area contributed by atoms with Gasteiger partial charge in [0.15, 0.2) is 6.10 Å². The molecule has 0 aliphatic rings. The zero-order chi connectivity index (χ0) is 58.5. The van der Waals surface area contributed by atoms with Crippen LogP contribution in [0.15, 0.2) is 97.2 Å². The Labute approximate surface area is 502 Å². The fraction of sp³-hybridized carbons (Fsp3) is 0.747. The van der Waals surface area contributed by atoms with E-state index in [0.29, 0.717) is 19.3 Å². The van der Waals surface area contributed by atoms with Crippen LogP contribution in [0, 0.1) is 0 Å². The van der Waals surface area contributed by atoms with Gasteiger partial charge in [-0.05, 0) is 122 Å². The molecule has 0 aliphatic carbocycles. The largest absolute Gasteiger partial charge is 0.462 e. The molecule has 0 aromatic heterocycles. The van der Waals surface area contributed by atoms with Gasteiger partial charge in [0.05, 0.1) is 0 Å². The summed E-state index contributed by atoms with van der Waals surface area (Å²) in [5.41, 5.74) is 0. The summed E-state index contributed by atoms with van der Waals surface area (Å²) >= 11 is 0. The quantitative estimate of drug-likeness (QED) is 0.0261. The van der Waals surface area contributed by atoms with Gasteiger partial charge in [-0.2, -0.15) is 0 Å². The molecule has 1 atom stereocenters. The first kappa shape index (κ1) is 77.3. The fourth-order valence-electron chi connectivity index (χ4n) is 9.85. The summed E-state index contributed by atoms with van der Waals surface area (Å²) in [6.45, 7) is 6.53. The molecule has 0 spiro atoms. The second kappa shape index (κ2) is 68.8. The highest BCUT2D eigenvalue weighted by molar-refractivity contribution is 5.71.